The number of aromatic nitrogens is 2. The second-order valence-electron chi connectivity index (χ2n) is 4.11. The molecule has 19 heavy (non-hydrogen) atoms. The number of amides is 1. The average molecular weight is 266 g/mol. The SMILES string of the molecule is Cc1nn(C)cc1NC(=O)c1cc(F)c(F)cc1N. The molecular weight excluding hydrogens is 254 g/mol. The molecule has 7 heteroatoms. The molecule has 0 aliphatic rings. The van der Waals surface area contributed by atoms with Crippen LogP contribution in [0.3, 0.4) is 0 Å². The lowest BCUT2D eigenvalue weighted by atomic mass is 10.1. The van der Waals surface area contributed by atoms with Crippen molar-refractivity contribution in [3.8, 4) is 0 Å². The van der Waals surface area contributed by atoms with E-state index in [9.17, 15) is 13.6 Å². The Morgan fingerprint density at radius 2 is 2.00 bits per heavy atom. The van der Waals surface area contributed by atoms with Crippen LogP contribution in [0, 0.1) is 18.6 Å². The third-order valence-electron chi connectivity index (χ3n) is 2.60. The van der Waals surface area contributed by atoms with Crippen molar-refractivity contribution in [2.75, 3.05) is 11.1 Å². The monoisotopic (exact) mass is 266 g/mol. The first-order valence-electron chi connectivity index (χ1n) is 5.44. The van der Waals surface area contributed by atoms with Crippen molar-refractivity contribution in [3.05, 3.63) is 41.2 Å². The van der Waals surface area contributed by atoms with Gasteiger partial charge in [0.1, 0.15) is 0 Å². The van der Waals surface area contributed by atoms with Gasteiger partial charge in [-0.25, -0.2) is 8.78 Å². The molecule has 2 rings (SSSR count). The highest BCUT2D eigenvalue weighted by Crippen LogP contribution is 2.19. The number of halogens is 2. The summed E-state index contributed by atoms with van der Waals surface area (Å²) in [6.07, 6.45) is 1.60. The highest BCUT2D eigenvalue weighted by molar-refractivity contribution is 6.07. The number of nitrogens with two attached hydrogens (primary N) is 1. The van der Waals surface area contributed by atoms with Crippen molar-refractivity contribution in [3.63, 3.8) is 0 Å². The molecule has 0 bridgehead atoms. The molecular formula is C12H12F2N4O. The van der Waals surface area contributed by atoms with Crippen molar-refractivity contribution < 1.29 is 13.6 Å². The summed E-state index contributed by atoms with van der Waals surface area (Å²) in [4.78, 5) is 11.9. The second-order valence-corrected chi connectivity index (χ2v) is 4.11. The quantitative estimate of drug-likeness (QED) is 0.815. The molecule has 0 atom stereocenters. The molecule has 0 unspecified atom stereocenters. The summed E-state index contributed by atoms with van der Waals surface area (Å²) in [6, 6.07) is 1.55. The van der Waals surface area contributed by atoms with Gasteiger partial charge < -0.3 is 11.1 Å². The largest absolute Gasteiger partial charge is 0.398 e. The van der Waals surface area contributed by atoms with E-state index < -0.39 is 17.5 Å². The molecule has 100 valence electrons. The standard InChI is InChI=1S/C12H12F2N4O/c1-6-11(5-18(2)17-6)16-12(19)7-3-8(13)9(14)4-10(7)15/h3-5H,15H2,1-2H3,(H,16,19). The molecule has 0 fully saturated rings. The third-order valence-corrected chi connectivity index (χ3v) is 2.60. The average Bonchev–Trinajstić information content (AvgIpc) is 2.62. The molecule has 0 saturated carbocycles. The predicted molar refractivity (Wildman–Crippen MR) is 66.7 cm³/mol. The molecule has 0 aliphatic heterocycles. The van der Waals surface area contributed by atoms with Crippen molar-refractivity contribution in [2.24, 2.45) is 7.05 Å². The Bertz CT molecular complexity index is 651. The van der Waals surface area contributed by atoms with Gasteiger partial charge in [-0.3, -0.25) is 9.48 Å². The van der Waals surface area contributed by atoms with Crippen LogP contribution < -0.4 is 11.1 Å². The van der Waals surface area contributed by atoms with Crippen LogP contribution in [0.15, 0.2) is 18.3 Å². The molecule has 0 radical (unpaired) electrons. The smallest absolute Gasteiger partial charge is 0.257 e. The number of nitrogens with zero attached hydrogens (tertiary/aromatic N) is 2. The first-order chi connectivity index (χ1) is 8.88. The van der Waals surface area contributed by atoms with Crippen molar-refractivity contribution >= 4 is 17.3 Å². The second kappa shape index (κ2) is 4.68. The zero-order valence-corrected chi connectivity index (χ0v) is 10.4. The lowest BCUT2D eigenvalue weighted by molar-refractivity contribution is 0.102. The minimum absolute atomic E-state index is 0.123. The van der Waals surface area contributed by atoms with Crippen LogP contribution in [-0.2, 0) is 7.05 Å². The number of hydrogen-bond acceptors (Lipinski definition) is 3. The van der Waals surface area contributed by atoms with Gasteiger partial charge in [0, 0.05) is 25.0 Å². The van der Waals surface area contributed by atoms with Gasteiger partial charge in [-0.1, -0.05) is 0 Å². The zero-order chi connectivity index (χ0) is 14.2. The van der Waals surface area contributed by atoms with E-state index in [0.29, 0.717) is 11.4 Å². The summed E-state index contributed by atoms with van der Waals surface area (Å²) in [5.74, 6) is -2.83. The van der Waals surface area contributed by atoms with Crippen molar-refractivity contribution in [1.29, 1.82) is 0 Å². The molecule has 1 aromatic heterocycles. The number of carbonyl (C=O) groups excluding carboxylic acids is 1. The summed E-state index contributed by atoms with van der Waals surface area (Å²) in [6.45, 7) is 1.71. The Morgan fingerprint density at radius 3 is 2.58 bits per heavy atom. The highest BCUT2D eigenvalue weighted by Gasteiger charge is 2.16. The minimum atomic E-state index is -1.12. The summed E-state index contributed by atoms with van der Waals surface area (Å²) >= 11 is 0. The van der Waals surface area contributed by atoms with Crippen molar-refractivity contribution in [1.82, 2.24) is 9.78 Å². The van der Waals surface area contributed by atoms with Gasteiger partial charge in [0.2, 0.25) is 0 Å². The number of nitrogens with one attached hydrogen (secondary N) is 1. The maximum Gasteiger partial charge on any atom is 0.257 e. The molecule has 1 aromatic carbocycles. The minimum Gasteiger partial charge on any atom is -0.398 e. The predicted octanol–water partition coefficient (Wildman–Crippen LogP) is 1.84. The van der Waals surface area contributed by atoms with Gasteiger partial charge in [0.05, 0.1) is 16.9 Å². The lowest BCUT2D eigenvalue weighted by Crippen LogP contribution is -2.15. The van der Waals surface area contributed by atoms with E-state index >= 15 is 0 Å². The van der Waals surface area contributed by atoms with E-state index in [-0.39, 0.29) is 11.3 Å². The molecule has 1 amide bonds. The maximum atomic E-state index is 13.1. The number of aryl methyl sites for hydroxylation is 2. The van der Waals surface area contributed by atoms with Gasteiger partial charge in [-0.05, 0) is 13.0 Å². The fourth-order valence-electron chi connectivity index (χ4n) is 1.67. The van der Waals surface area contributed by atoms with Gasteiger partial charge in [0.25, 0.3) is 5.91 Å². The topological polar surface area (TPSA) is 72.9 Å². The maximum absolute atomic E-state index is 13.1. The Labute approximate surface area is 108 Å². The number of benzene rings is 1. The van der Waals surface area contributed by atoms with Gasteiger partial charge in [-0.15, -0.1) is 0 Å². The van der Waals surface area contributed by atoms with Crippen LogP contribution in [0.25, 0.3) is 0 Å². The molecule has 2 aromatic rings. The Kier molecular flexibility index (Phi) is 3.20. The molecule has 1 heterocycles. The normalized spacial score (nSPS) is 10.5. The molecule has 0 aliphatic carbocycles. The third kappa shape index (κ3) is 2.54. The van der Waals surface area contributed by atoms with Crippen LogP contribution in [0.4, 0.5) is 20.2 Å². The number of hydrogen-bond donors (Lipinski definition) is 2. The fraction of sp³-hybridized carbons (Fsp3) is 0.167. The van der Waals surface area contributed by atoms with Gasteiger partial charge in [0.15, 0.2) is 11.6 Å². The first kappa shape index (κ1) is 13.0. The number of nitrogen functional groups attached to an aromatic ring is 1. The van der Waals surface area contributed by atoms with Crippen LogP contribution in [0.5, 0.6) is 0 Å². The summed E-state index contributed by atoms with van der Waals surface area (Å²) in [5.41, 5.74) is 6.34. The molecule has 0 saturated heterocycles. The Balaban J connectivity index is 2.30. The Morgan fingerprint density at radius 1 is 1.37 bits per heavy atom. The summed E-state index contributed by atoms with van der Waals surface area (Å²) in [5, 5.41) is 6.59. The van der Waals surface area contributed by atoms with E-state index in [2.05, 4.69) is 10.4 Å². The van der Waals surface area contributed by atoms with Crippen molar-refractivity contribution in [2.45, 2.75) is 6.92 Å². The van der Waals surface area contributed by atoms with E-state index in [1.165, 1.54) is 4.68 Å². The number of rotatable bonds is 2. The van der Waals surface area contributed by atoms with E-state index in [4.69, 9.17) is 5.73 Å². The molecule has 3 N–H and O–H groups in total. The summed E-state index contributed by atoms with van der Waals surface area (Å²) < 4.78 is 27.6. The molecule has 5 nitrogen and oxygen atoms in total. The van der Waals surface area contributed by atoms with E-state index in [1.807, 2.05) is 0 Å². The number of carbonyl (C=O) groups is 1. The van der Waals surface area contributed by atoms with Crippen LogP contribution in [0.2, 0.25) is 0 Å². The molecule has 0 spiro atoms. The van der Waals surface area contributed by atoms with Crippen LogP contribution >= 0.6 is 0 Å². The van der Waals surface area contributed by atoms with E-state index in [1.54, 1.807) is 20.2 Å². The van der Waals surface area contributed by atoms with Gasteiger partial charge >= 0.3 is 0 Å². The lowest BCUT2D eigenvalue weighted by Gasteiger charge is -2.07. The Hall–Kier alpha value is -2.44. The summed E-state index contributed by atoms with van der Waals surface area (Å²) in [7, 11) is 1.70. The first-order valence-corrected chi connectivity index (χ1v) is 5.44. The van der Waals surface area contributed by atoms with E-state index in [0.717, 1.165) is 12.1 Å². The van der Waals surface area contributed by atoms with Gasteiger partial charge in [-0.2, -0.15) is 5.10 Å². The number of anilines is 2. The highest BCUT2D eigenvalue weighted by atomic mass is 19.2. The zero-order valence-electron chi connectivity index (χ0n) is 10.4. The van der Waals surface area contributed by atoms with Crippen LogP contribution in [0.1, 0.15) is 16.1 Å². The van der Waals surface area contributed by atoms with Crippen LogP contribution in [-0.4, -0.2) is 15.7 Å². The fourth-order valence-corrected chi connectivity index (χ4v) is 1.67.